The first-order valence-electron chi connectivity index (χ1n) is 7.72. The molecule has 0 bridgehead atoms. The molecule has 3 N–H and O–H groups in total. The molecule has 6 nitrogen and oxygen atoms in total. The molecule has 0 aliphatic heterocycles. The van der Waals surface area contributed by atoms with E-state index in [0.717, 1.165) is 0 Å². The lowest BCUT2D eigenvalue weighted by molar-refractivity contribution is 0.0951. The van der Waals surface area contributed by atoms with Gasteiger partial charge in [0.1, 0.15) is 17.5 Å². The molecule has 1 atom stereocenters. The minimum absolute atomic E-state index is 0.152. The van der Waals surface area contributed by atoms with Gasteiger partial charge in [0, 0.05) is 35.3 Å². The predicted octanol–water partition coefficient (Wildman–Crippen LogP) is 3.57. The molecule has 0 spiro atoms. The molecule has 0 aliphatic rings. The average molecular weight is 384 g/mol. The van der Waals surface area contributed by atoms with E-state index < -0.39 is 12.0 Å². The summed E-state index contributed by atoms with van der Waals surface area (Å²) in [6, 6.07) is 6.64. The molecule has 0 fully saturated rings. The van der Waals surface area contributed by atoms with Crippen molar-refractivity contribution < 1.29 is 14.3 Å². The van der Waals surface area contributed by atoms with E-state index >= 15 is 0 Å². The van der Waals surface area contributed by atoms with Crippen molar-refractivity contribution in [2.45, 2.75) is 20.0 Å². The first kappa shape index (κ1) is 19.1. The number of amides is 2. The lowest BCUT2D eigenvalue weighted by atomic mass is 10.1. The summed E-state index contributed by atoms with van der Waals surface area (Å²) in [6.07, 6.45) is -0.525. The third-order valence-corrected chi connectivity index (χ3v) is 4.19. The maximum atomic E-state index is 12.1. The second-order valence-corrected chi connectivity index (χ2v) is 6.07. The third-order valence-electron chi connectivity index (χ3n) is 3.53. The molecule has 0 radical (unpaired) electrons. The summed E-state index contributed by atoms with van der Waals surface area (Å²) in [5.74, 6) is -0.488. The van der Waals surface area contributed by atoms with E-state index in [4.69, 9.17) is 27.9 Å². The van der Waals surface area contributed by atoms with Gasteiger partial charge in [-0.1, -0.05) is 29.3 Å². The number of hydrogen-bond donors (Lipinski definition) is 3. The van der Waals surface area contributed by atoms with Crippen molar-refractivity contribution in [2.24, 2.45) is 0 Å². The van der Waals surface area contributed by atoms with Crippen LogP contribution in [0.3, 0.4) is 0 Å². The van der Waals surface area contributed by atoms with Gasteiger partial charge < -0.3 is 20.4 Å². The number of aromatic amines is 1. The van der Waals surface area contributed by atoms with Crippen LogP contribution >= 0.6 is 23.2 Å². The maximum Gasteiger partial charge on any atom is 0.271 e. The van der Waals surface area contributed by atoms with Crippen LogP contribution in [0.1, 0.15) is 46.5 Å². The van der Waals surface area contributed by atoms with E-state index in [2.05, 4.69) is 15.6 Å². The van der Waals surface area contributed by atoms with Crippen molar-refractivity contribution in [2.75, 3.05) is 13.6 Å². The molecule has 1 aromatic carbocycles. The zero-order valence-corrected chi connectivity index (χ0v) is 15.6. The van der Waals surface area contributed by atoms with Gasteiger partial charge in [-0.25, -0.2) is 0 Å². The SMILES string of the molecule is CCNC(=O)c1cc(O[C@H](C)c2c(Cl)cccc2Cl)c(C(=O)NC)[nH]1. The topological polar surface area (TPSA) is 83.2 Å². The highest BCUT2D eigenvalue weighted by molar-refractivity contribution is 6.36. The fourth-order valence-corrected chi connectivity index (χ4v) is 3.05. The van der Waals surface area contributed by atoms with Crippen molar-refractivity contribution >= 4 is 35.0 Å². The van der Waals surface area contributed by atoms with Crippen LogP contribution in [-0.4, -0.2) is 30.4 Å². The lowest BCUT2D eigenvalue weighted by Gasteiger charge is -2.17. The Balaban J connectivity index is 2.37. The Morgan fingerprint density at radius 2 is 1.88 bits per heavy atom. The summed E-state index contributed by atoms with van der Waals surface area (Å²) in [6.45, 7) is 4.04. The van der Waals surface area contributed by atoms with Crippen molar-refractivity contribution in [3.05, 3.63) is 51.3 Å². The summed E-state index contributed by atoms with van der Waals surface area (Å²) >= 11 is 12.4. The zero-order valence-electron chi connectivity index (χ0n) is 14.1. The number of carbonyl (C=O) groups is 2. The van der Waals surface area contributed by atoms with Crippen LogP contribution in [0.25, 0.3) is 0 Å². The first-order valence-corrected chi connectivity index (χ1v) is 8.48. The normalized spacial score (nSPS) is 11.7. The Labute approximate surface area is 155 Å². The summed E-state index contributed by atoms with van der Waals surface area (Å²) in [5.41, 5.74) is 0.987. The molecule has 1 heterocycles. The smallest absolute Gasteiger partial charge is 0.271 e. The van der Waals surface area contributed by atoms with E-state index in [-0.39, 0.29) is 23.0 Å². The Morgan fingerprint density at radius 3 is 2.44 bits per heavy atom. The van der Waals surface area contributed by atoms with Gasteiger partial charge in [-0.3, -0.25) is 9.59 Å². The number of nitrogens with one attached hydrogen (secondary N) is 3. The molecule has 1 aromatic heterocycles. The van der Waals surface area contributed by atoms with Crippen molar-refractivity contribution in [1.82, 2.24) is 15.6 Å². The fourth-order valence-electron chi connectivity index (χ4n) is 2.35. The molecular formula is C17H19Cl2N3O3. The molecule has 25 heavy (non-hydrogen) atoms. The summed E-state index contributed by atoms with van der Waals surface area (Å²) < 4.78 is 5.88. The zero-order chi connectivity index (χ0) is 18.6. The van der Waals surface area contributed by atoms with Crippen LogP contribution < -0.4 is 15.4 Å². The van der Waals surface area contributed by atoms with E-state index in [1.807, 2.05) is 0 Å². The van der Waals surface area contributed by atoms with E-state index in [1.54, 1.807) is 32.0 Å². The minimum atomic E-state index is -0.525. The molecule has 0 saturated heterocycles. The predicted molar refractivity (Wildman–Crippen MR) is 97.7 cm³/mol. The maximum absolute atomic E-state index is 12.1. The Kier molecular flexibility index (Phi) is 6.33. The van der Waals surface area contributed by atoms with Crippen LogP contribution in [0.2, 0.25) is 10.0 Å². The standard InChI is InChI=1S/C17H19Cl2N3O3/c1-4-21-16(23)12-8-13(15(22-12)17(24)20-3)25-9(2)14-10(18)6-5-7-11(14)19/h5-9,22H,4H2,1-3H3,(H,20,24)(H,21,23)/t9-/m1/s1. The van der Waals surface area contributed by atoms with E-state index in [0.29, 0.717) is 22.2 Å². The van der Waals surface area contributed by atoms with Crippen molar-refractivity contribution in [3.63, 3.8) is 0 Å². The second-order valence-electron chi connectivity index (χ2n) is 5.26. The fraction of sp³-hybridized carbons (Fsp3) is 0.294. The highest BCUT2D eigenvalue weighted by Gasteiger charge is 2.23. The number of ether oxygens (including phenoxy) is 1. The van der Waals surface area contributed by atoms with Gasteiger partial charge in [-0.15, -0.1) is 0 Å². The molecule has 134 valence electrons. The third kappa shape index (κ3) is 4.27. The number of benzene rings is 1. The van der Waals surface area contributed by atoms with E-state index in [9.17, 15) is 9.59 Å². The van der Waals surface area contributed by atoms with Gasteiger partial charge in [0.05, 0.1) is 0 Å². The highest BCUT2D eigenvalue weighted by atomic mass is 35.5. The van der Waals surface area contributed by atoms with Crippen LogP contribution in [-0.2, 0) is 0 Å². The van der Waals surface area contributed by atoms with Gasteiger partial charge in [-0.2, -0.15) is 0 Å². The van der Waals surface area contributed by atoms with Gasteiger partial charge in [-0.05, 0) is 26.0 Å². The van der Waals surface area contributed by atoms with Crippen molar-refractivity contribution in [3.8, 4) is 5.75 Å². The molecule has 0 aliphatic carbocycles. The number of carbonyl (C=O) groups excluding carboxylic acids is 2. The number of hydrogen-bond acceptors (Lipinski definition) is 3. The summed E-state index contributed by atoms with van der Waals surface area (Å²) in [4.78, 5) is 26.9. The second kappa shape index (κ2) is 8.27. The Morgan fingerprint density at radius 1 is 1.24 bits per heavy atom. The quantitative estimate of drug-likeness (QED) is 0.712. The lowest BCUT2D eigenvalue weighted by Crippen LogP contribution is -2.23. The van der Waals surface area contributed by atoms with Crippen molar-refractivity contribution in [1.29, 1.82) is 0 Å². The van der Waals surface area contributed by atoms with Crippen LogP contribution in [0.4, 0.5) is 0 Å². The van der Waals surface area contributed by atoms with Crippen LogP contribution in [0.5, 0.6) is 5.75 Å². The average Bonchev–Trinajstić information content (AvgIpc) is 2.98. The largest absolute Gasteiger partial charge is 0.483 e. The monoisotopic (exact) mass is 383 g/mol. The van der Waals surface area contributed by atoms with Crippen LogP contribution in [0.15, 0.2) is 24.3 Å². The highest BCUT2D eigenvalue weighted by Crippen LogP contribution is 2.34. The molecule has 8 heteroatoms. The number of aromatic nitrogens is 1. The van der Waals surface area contributed by atoms with Gasteiger partial charge in [0.25, 0.3) is 11.8 Å². The first-order chi connectivity index (χ1) is 11.9. The van der Waals surface area contributed by atoms with Crippen LogP contribution in [0, 0.1) is 0 Å². The molecule has 2 aromatic rings. The minimum Gasteiger partial charge on any atom is -0.483 e. The van der Waals surface area contributed by atoms with Gasteiger partial charge in [0.15, 0.2) is 5.75 Å². The molecule has 0 unspecified atom stereocenters. The van der Waals surface area contributed by atoms with Gasteiger partial charge in [0.2, 0.25) is 0 Å². The number of halogens is 2. The molecule has 0 saturated carbocycles. The van der Waals surface area contributed by atoms with Gasteiger partial charge >= 0.3 is 0 Å². The number of rotatable bonds is 6. The summed E-state index contributed by atoms with van der Waals surface area (Å²) in [5, 5.41) is 6.09. The molecule has 2 amide bonds. The Hall–Kier alpha value is -2.18. The Bertz CT molecular complexity index is 769. The molecular weight excluding hydrogens is 365 g/mol. The molecule has 2 rings (SSSR count). The number of H-pyrrole nitrogens is 1. The van der Waals surface area contributed by atoms with E-state index in [1.165, 1.54) is 13.1 Å². The summed E-state index contributed by atoms with van der Waals surface area (Å²) in [7, 11) is 1.49.